The van der Waals surface area contributed by atoms with Crippen LogP contribution in [0.2, 0.25) is 0 Å². The van der Waals surface area contributed by atoms with Gasteiger partial charge in [-0.15, -0.1) is 0 Å². The van der Waals surface area contributed by atoms with Crippen molar-refractivity contribution in [1.29, 1.82) is 0 Å². The number of rotatable bonds is 5. The van der Waals surface area contributed by atoms with Crippen LogP contribution in [0.4, 0.5) is 0 Å². The first-order chi connectivity index (χ1) is 13.3. The van der Waals surface area contributed by atoms with E-state index in [0.717, 1.165) is 22.4 Å². The van der Waals surface area contributed by atoms with E-state index < -0.39 is 6.10 Å². The van der Waals surface area contributed by atoms with Crippen LogP contribution in [0.1, 0.15) is 58.7 Å². The molecule has 2 N–H and O–H groups in total. The number of nitrogens with one attached hydrogen (secondary N) is 1. The number of benzene rings is 2. The van der Waals surface area contributed by atoms with E-state index in [4.69, 9.17) is 0 Å². The van der Waals surface area contributed by atoms with Crippen LogP contribution in [-0.2, 0) is 0 Å². The Labute approximate surface area is 166 Å². The lowest BCUT2D eigenvalue weighted by atomic mass is 9.96. The summed E-state index contributed by atoms with van der Waals surface area (Å²) in [6, 6.07) is 17.4. The zero-order valence-corrected chi connectivity index (χ0v) is 16.7. The number of pyridine rings is 1. The minimum absolute atomic E-state index is 0.168. The summed E-state index contributed by atoms with van der Waals surface area (Å²) in [7, 11) is 0. The number of amides is 1. The Morgan fingerprint density at radius 1 is 0.929 bits per heavy atom. The van der Waals surface area contributed by atoms with E-state index in [-0.39, 0.29) is 11.9 Å². The standard InChI is InChI=1S/C24H26N2O2/c1-15-5-8-19(9-6-15)22-11-21(18(4)27)12-23(13-22)24(28)26-17(3)20-10-7-16(2)25-14-20/h5-14,17-18,27H,1-4H3,(H,26,28)/t17-,18?/m1/s1. The van der Waals surface area contributed by atoms with Gasteiger partial charge < -0.3 is 10.4 Å². The summed E-state index contributed by atoms with van der Waals surface area (Å²) < 4.78 is 0. The minimum atomic E-state index is -0.657. The fourth-order valence-corrected chi connectivity index (χ4v) is 3.04. The summed E-state index contributed by atoms with van der Waals surface area (Å²) in [5.74, 6) is -0.177. The lowest BCUT2D eigenvalue weighted by molar-refractivity contribution is 0.0939. The molecule has 0 saturated heterocycles. The summed E-state index contributed by atoms with van der Waals surface area (Å²) in [6.07, 6.45) is 1.13. The molecular weight excluding hydrogens is 348 g/mol. The van der Waals surface area contributed by atoms with Gasteiger partial charge in [-0.2, -0.15) is 0 Å². The van der Waals surface area contributed by atoms with Crippen LogP contribution in [0.25, 0.3) is 11.1 Å². The Bertz CT molecular complexity index is 961. The molecule has 0 saturated carbocycles. The van der Waals surface area contributed by atoms with Gasteiger partial charge in [-0.1, -0.05) is 35.9 Å². The number of aryl methyl sites for hydroxylation is 2. The average molecular weight is 374 g/mol. The highest BCUT2D eigenvalue weighted by atomic mass is 16.3. The third kappa shape index (κ3) is 4.65. The van der Waals surface area contributed by atoms with Crippen molar-refractivity contribution < 1.29 is 9.90 Å². The zero-order chi connectivity index (χ0) is 20.3. The Kier molecular flexibility index (Phi) is 5.90. The number of carbonyl (C=O) groups is 1. The Balaban J connectivity index is 1.90. The van der Waals surface area contributed by atoms with Gasteiger partial charge in [-0.3, -0.25) is 9.78 Å². The van der Waals surface area contributed by atoms with Gasteiger partial charge >= 0.3 is 0 Å². The van der Waals surface area contributed by atoms with Crippen LogP contribution in [0.15, 0.2) is 60.8 Å². The molecule has 1 heterocycles. The first kappa shape index (κ1) is 19.8. The van der Waals surface area contributed by atoms with Crippen LogP contribution in [0, 0.1) is 13.8 Å². The van der Waals surface area contributed by atoms with Crippen molar-refractivity contribution in [1.82, 2.24) is 10.3 Å². The molecule has 0 aliphatic rings. The molecule has 1 unspecified atom stereocenters. The molecule has 0 fully saturated rings. The zero-order valence-electron chi connectivity index (χ0n) is 16.7. The van der Waals surface area contributed by atoms with E-state index in [1.165, 1.54) is 5.56 Å². The van der Waals surface area contributed by atoms with E-state index >= 15 is 0 Å². The highest BCUT2D eigenvalue weighted by Crippen LogP contribution is 2.26. The van der Waals surface area contributed by atoms with Crippen LogP contribution in [-0.4, -0.2) is 16.0 Å². The van der Waals surface area contributed by atoms with Gasteiger partial charge in [0.25, 0.3) is 5.91 Å². The fraction of sp³-hybridized carbons (Fsp3) is 0.250. The monoisotopic (exact) mass is 374 g/mol. The van der Waals surface area contributed by atoms with Crippen molar-refractivity contribution in [3.05, 3.63) is 88.7 Å². The van der Waals surface area contributed by atoms with E-state index in [2.05, 4.69) is 10.3 Å². The summed E-state index contributed by atoms with van der Waals surface area (Å²) in [5.41, 5.74) is 6.23. The third-order valence-electron chi connectivity index (χ3n) is 4.87. The van der Waals surface area contributed by atoms with Gasteiger partial charge in [-0.25, -0.2) is 0 Å². The molecular formula is C24H26N2O2. The predicted molar refractivity (Wildman–Crippen MR) is 112 cm³/mol. The average Bonchev–Trinajstić information content (AvgIpc) is 2.68. The van der Waals surface area contributed by atoms with Gasteiger partial charge in [0.2, 0.25) is 0 Å². The summed E-state index contributed by atoms with van der Waals surface area (Å²) in [5, 5.41) is 13.1. The number of aliphatic hydroxyl groups is 1. The molecule has 144 valence electrons. The number of aromatic nitrogens is 1. The second-order valence-corrected chi connectivity index (χ2v) is 7.31. The molecule has 1 amide bonds. The Hall–Kier alpha value is -2.98. The highest BCUT2D eigenvalue weighted by Gasteiger charge is 2.15. The minimum Gasteiger partial charge on any atom is -0.389 e. The number of hydrogen-bond donors (Lipinski definition) is 2. The lowest BCUT2D eigenvalue weighted by Crippen LogP contribution is -2.27. The van der Waals surface area contributed by atoms with Crippen LogP contribution < -0.4 is 5.32 Å². The first-order valence-corrected chi connectivity index (χ1v) is 9.47. The van der Waals surface area contributed by atoms with Crippen molar-refractivity contribution in [3.8, 4) is 11.1 Å². The van der Waals surface area contributed by atoms with E-state index in [1.807, 2.05) is 69.3 Å². The van der Waals surface area contributed by atoms with Crippen molar-refractivity contribution in [2.24, 2.45) is 0 Å². The summed E-state index contributed by atoms with van der Waals surface area (Å²) in [4.78, 5) is 17.2. The molecule has 2 atom stereocenters. The molecule has 3 rings (SSSR count). The van der Waals surface area contributed by atoms with Crippen LogP contribution in [0.3, 0.4) is 0 Å². The number of hydrogen-bond acceptors (Lipinski definition) is 3. The second-order valence-electron chi connectivity index (χ2n) is 7.31. The molecule has 3 aromatic rings. The molecule has 0 aliphatic heterocycles. The smallest absolute Gasteiger partial charge is 0.251 e. The normalized spacial score (nSPS) is 13.0. The van der Waals surface area contributed by atoms with Gasteiger partial charge in [-0.05, 0) is 74.2 Å². The van der Waals surface area contributed by atoms with Crippen molar-refractivity contribution in [2.75, 3.05) is 0 Å². The molecule has 0 spiro atoms. The topological polar surface area (TPSA) is 62.2 Å². The lowest BCUT2D eigenvalue weighted by Gasteiger charge is -2.16. The van der Waals surface area contributed by atoms with Gasteiger partial charge in [0.1, 0.15) is 0 Å². The summed E-state index contributed by atoms with van der Waals surface area (Å²) >= 11 is 0. The molecule has 0 bridgehead atoms. The molecule has 0 aliphatic carbocycles. The second kappa shape index (κ2) is 8.36. The SMILES string of the molecule is Cc1ccc(-c2cc(C(=O)N[C@H](C)c3ccc(C)nc3)cc(C(C)O)c2)cc1. The van der Waals surface area contributed by atoms with Gasteiger partial charge in [0.05, 0.1) is 12.1 Å². The molecule has 1 aromatic heterocycles. The molecule has 2 aromatic carbocycles. The van der Waals surface area contributed by atoms with Crippen molar-refractivity contribution >= 4 is 5.91 Å². The quantitative estimate of drug-likeness (QED) is 0.667. The number of carbonyl (C=O) groups excluding carboxylic acids is 1. The van der Waals surface area contributed by atoms with Gasteiger partial charge in [0, 0.05) is 17.5 Å². The first-order valence-electron chi connectivity index (χ1n) is 9.47. The van der Waals surface area contributed by atoms with E-state index in [1.54, 1.807) is 19.2 Å². The molecule has 0 radical (unpaired) electrons. The van der Waals surface area contributed by atoms with E-state index in [9.17, 15) is 9.90 Å². The Morgan fingerprint density at radius 2 is 1.64 bits per heavy atom. The highest BCUT2D eigenvalue weighted by molar-refractivity contribution is 5.96. The molecule has 4 nitrogen and oxygen atoms in total. The van der Waals surface area contributed by atoms with Crippen LogP contribution >= 0.6 is 0 Å². The van der Waals surface area contributed by atoms with Crippen LogP contribution in [0.5, 0.6) is 0 Å². The van der Waals surface area contributed by atoms with Gasteiger partial charge in [0.15, 0.2) is 0 Å². The van der Waals surface area contributed by atoms with Crippen molar-refractivity contribution in [2.45, 2.75) is 39.8 Å². The number of aliphatic hydroxyl groups excluding tert-OH is 1. The van der Waals surface area contributed by atoms with E-state index in [0.29, 0.717) is 11.1 Å². The third-order valence-corrected chi connectivity index (χ3v) is 4.87. The Morgan fingerprint density at radius 3 is 2.25 bits per heavy atom. The maximum absolute atomic E-state index is 12.9. The summed E-state index contributed by atoms with van der Waals surface area (Å²) in [6.45, 7) is 7.61. The van der Waals surface area contributed by atoms with Crippen molar-refractivity contribution in [3.63, 3.8) is 0 Å². The maximum Gasteiger partial charge on any atom is 0.251 e. The number of nitrogens with zero attached hydrogens (tertiary/aromatic N) is 1. The maximum atomic E-state index is 12.9. The molecule has 4 heteroatoms. The predicted octanol–water partition coefficient (Wildman–Crippen LogP) is 4.91. The largest absolute Gasteiger partial charge is 0.389 e. The molecule has 28 heavy (non-hydrogen) atoms. The fourth-order valence-electron chi connectivity index (χ4n) is 3.04.